The predicted molar refractivity (Wildman–Crippen MR) is 20.4 cm³/mol. The van der Waals surface area contributed by atoms with Gasteiger partial charge in [0.25, 0.3) is 0 Å². The van der Waals surface area contributed by atoms with Crippen LogP contribution in [0.4, 0.5) is 0 Å². The molecule has 43 valence electrons. The fourth-order valence-corrected chi connectivity index (χ4v) is 0. The molecule has 0 atom stereocenters. The SMILES string of the molecule is O[Si](O)(O)O.[Li].[Ni]. The van der Waals surface area contributed by atoms with Crippen molar-refractivity contribution in [3.63, 3.8) is 0 Å². The first-order valence-electron chi connectivity index (χ1n) is 0.894. The van der Waals surface area contributed by atoms with Crippen LogP contribution in [-0.4, -0.2) is 47.1 Å². The molecule has 0 saturated carbocycles. The Balaban J connectivity index is -0.0000000800. The summed E-state index contributed by atoms with van der Waals surface area (Å²) < 4.78 is 0. The van der Waals surface area contributed by atoms with Crippen molar-refractivity contribution >= 4 is 27.9 Å². The Morgan fingerprint density at radius 3 is 0.857 bits per heavy atom. The fraction of sp³-hybridized carbons (Fsp3) is 0. The standard InChI is InChI=1S/Li.Ni.H4O4Si/c;;1-5(2,3)4/h;;1-4H. The van der Waals surface area contributed by atoms with E-state index in [2.05, 4.69) is 0 Å². The molecule has 4 N–H and O–H groups in total. The van der Waals surface area contributed by atoms with Crippen molar-refractivity contribution in [3.8, 4) is 0 Å². The molecule has 0 unspecified atom stereocenters. The summed E-state index contributed by atoms with van der Waals surface area (Å²) in [6.45, 7) is 0. The monoisotopic (exact) mass is 161 g/mol. The van der Waals surface area contributed by atoms with Gasteiger partial charge in [0.1, 0.15) is 0 Å². The third-order valence-corrected chi connectivity index (χ3v) is 0. The molecule has 7 heteroatoms. The molecule has 0 aliphatic heterocycles. The Hall–Kier alpha value is 1.15. The third kappa shape index (κ3) is 144. The van der Waals surface area contributed by atoms with Crippen molar-refractivity contribution in [1.82, 2.24) is 0 Å². The molecule has 7 heavy (non-hydrogen) atoms. The van der Waals surface area contributed by atoms with Crippen molar-refractivity contribution in [2.75, 3.05) is 0 Å². The van der Waals surface area contributed by atoms with E-state index in [1.807, 2.05) is 0 Å². The van der Waals surface area contributed by atoms with Crippen LogP contribution in [0.15, 0.2) is 0 Å². The maximum absolute atomic E-state index is 7.33. The molecule has 0 aliphatic rings. The zero-order valence-electron chi connectivity index (χ0n) is 3.61. The summed E-state index contributed by atoms with van der Waals surface area (Å²) in [6, 6.07) is 0. The summed E-state index contributed by atoms with van der Waals surface area (Å²) in [5, 5.41) is 0. The molecular weight excluding hydrogens is 158 g/mol. The van der Waals surface area contributed by atoms with Crippen LogP contribution in [0, 0.1) is 0 Å². The Labute approximate surface area is 63.8 Å². The van der Waals surface area contributed by atoms with E-state index in [1.165, 1.54) is 0 Å². The van der Waals surface area contributed by atoms with E-state index >= 15 is 0 Å². The molecule has 0 fully saturated rings. The van der Waals surface area contributed by atoms with Crippen molar-refractivity contribution in [2.45, 2.75) is 0 Å². The van der Waals surface area contributed by atoms with E-state index in [4.69, 9.17) is 19.2 Å². The molecule has 4 nitrogen and oxygen atoms in total. The normalized spacial score (nSPS) is 8.57. The second-order valence-electron chi connectivity index (χ2n) is 0.600. The third-order valence-electron chi connectivity index (χ3n) is 0. The Kier molecular flexibility index (Phi) is 11.9. The van der Waals surface area contributed by atoms with Crippen LogP contribution in [0.2, 0.25) is 0 Å². The van der Waals surface area contributed by atoms with Crippen LogP contribution in [0.3, 0.4) is 0 Å². The van der Waals surface area contributed by atoms with Gasteiger partial charge in [-0.2, -0.15) is 0 Å². The smallest absolute Gasteiger partial charge is 0.368 e. The van der Waals surface area contributed by atoms with Crippen molar-refractivity contribution in [2.24, 2.45) is 0 Å². The van der Waals surface area contributed by atoms with E-state index in [1.54, 1.807) is 0 Å². The van der Waals surface area contributed by atoms with Gasteiger partial charge in [-0.3, -0.25) is 0 Å². The first kappa shape index (κ1) is 15.7. The minimum Gasteiger partial charge on any atom is -0.368 e. The van der Waals surface area contributed by atoms with Crippen LogP contribution < -0.4 is 0 Å². The van der Waals surface area contributed by atoms with Gasteiger partial charge < -0.3 is 19.2 Å². The molecule has 0 aliphatic carbocycles. The first-order valence-corrected chi connectivity index (χ1v) is 2.68. The quantitative estimate of drug-likeness (QED) is 0.286. The number of rotatable bonds is 0. The Morgan fingerprint density at radius 1 is 0.857 bits per heavy atom. The average Bonchev–Trinajstić information content (AvgIpc) is 0.722. The first-order chi connectivity index (χ1) is 2.00. The molecule has 1 radical (unpaired) electrons. The molecule has 0 rings (SSSR count). The van der Waals surface area contributed by atoms with Gasteiger partial charge in [-0.25, -0.2) is 0 Å². The largest absolute Gasteiger partial charge is 0.668 e. The minimum absolute atomic E-state index is 0. The second kappa shape index (κ2) is 5.29. The van der Waals surface area contributed by atoms with Crippen molar-refractivity contribution < 1.29 is 35.7 Å². The van der Waals surface area contributed by atoms with Crippen LogP contribution in [0.5, 0.6) is 0 Å². The van der Waals surface area contributed by atoms with Crippen LogP contribution in [0.1, 0.15) is 0 Å². The molecule has 0 aromatic heterocycles. The zero-order valence-corrected chi connectivity index (χ0v) is 5.59. The van der Waals surface area contributed by atoms with Crippen LogP contribution in [0.25, 0.3) is 0 Å². The van der Waals surface area contributed by atoms with Crippen LogP contribution >= 0.6 is 0 Å². The Bertz CT molecular complexity index is 27.2. The number of hydrogen-bond acceptors (Lipinski definition) is 4. The molecule has 0 bridgehead atoms. The molecule has 0 heterocycles. The van der Waals surface area contributed by atoms with E-state index in [0.29, 0.717) is 0 Å². The fourth-order valence-electron chi connectivity index (χ4n) is 0. The summed E-state index contributed by atoms with van der Waals surface area (Å²) in [5.41, 5.74) is 0. The number of hydrogen-bond donors (Lipinski definition) is 4. The topological polar surface area (TPSA) is 80.9 Å². The maximum Gasteiger partial charge on any atom is 0.668 e. The average molecular weight is 162 g/mol. The van der Waals surface area contributed by atoms with Gasteiger partial charge in [-0.1, -0.05) is 0 Å². The van der Waals surface area contributed by atoms with Crippen molar-refractivity contribution in [1.29, 1.82) is 0 Å². The summed E-state index contributed by atoms with van der Waals surface area (Å²) in [5.74, 6) is 0. The van der Waals surface area contributed by atoms with Gasteiger partial charge in [0.2, 0.25) is 0 Å². The van der Waals surface area contributed by atoms with E-state index < -0.39 is 9.05 Å². The summed E-state index contributed by atoms with van der Waals surface area (Å²) in [7, 11) is -4.61. The molecule has 0 amide bonds. The van der Waals surface area contributed by atoms with Gasteiger partial charge in [-0.05, 0) is 0 Å². The molecular formula is H4LiNiO4Si. The molecule has 0 spiro atoms. The molecule has 0 aromatic carbocycles. The van der Waals surface area contributed by atoms with Gasteiger partial charge in [-0.15, -0.1) is 0 Å². The molecule has 0 aromatic rings. The van der Waals surface area contributed by atoms with Crippen molar-refractivity contribution in [3.05, 3.63) is 0 Å². The maximum atomic E-state index is 7.33. The van der Waals surface area contributed by atoms with Crippen LogP contribution in [-0.2, 0) is 16.5 Å². The van der Waals surface area contributed by atoms with Gasteiger partial charge >= 0.3 is 9.05 Å². The van der Waals surface area contributed by atoms with Gasteiger partial charge in [0, 0.05) is 35.4 Å². The zero-order chi connectivity index (χ0) is 4.50. The summed E-state index contributed by atoms with van der Waals surface area (Å²) in [4.78, 5) is 29.3. The van der Waals surface area contributed by atoms with E-state index in [9.17, 15) is 0 Å². The summed E-state index contributed by atoms with van der Waals surface area (Å²) in [6.07, 6.45) is 0. The predicted octanol–water partition coefficient (Wildman–Crippen LogP) is -2.99. The minimum atomic E-state index is -4.61. The second-order valence-corrected chi connectivity index (χ2v) is 1.80. The van der Waals surface area contributed by atoms with E-state index in [-0.39, 0.29) is 35.4 Å². The summed E-state index contributed by atoms with van der Waals surface area (Å²) >= 11 is 0. The molecule has 0 saturated heterocycles. The van der Waals surface area contributed by atoms with Gasteiger partial charge in [0.05, 0.1) is 0 Å². The van der Waals surface area contributed by atoms with E-state index in [0.717, 1.165) is 0 Å². The Morgan fingerprint density at radius 2 is 0.857 bits per heavy atom. The van der Waals surface area contributed by atoms with Gasteiger partial charge in [0.15, 0.2) is 0 Å².